The molecule has 4 N–H and O–H groups in total. The lowest BCUT2D eigenvalue weighted by atomic mass is 9.78. The zero-order valence-electron chi connectivity index (χ0n) is 11.9. The first-order valence-electron chi connectivity index (χ1n) is 6.48. The smallest absolute Gasteiger partial charge is 0.491 e. The van der Waals surface area contributed by atoms with Crippen LogP contribution in [0.5, 0.6) is 0 Å². The number of aliphatic hydroxyl groups excluding tert-OH is 4. The number of carbonyl (C=O) groups is 3. The van der Waals surface area contributed by atoms with Crippen LogP contribution in [0.15, 0.2) is 30.3 Å². The van der Waals surface area contributed by atoms with Crippen molar-refractivity contribution in [3.05, 3.63) is 35.9 Å². The zero-order chi connectivity index (χ0) is 17.4. The molecule has 2 atom stereocenters. The zero-order valence-corrected chi connectivity index (χ0v) is 11.9. The minimum atomic E-state index is -2.08. The summed E-state index contributed by atoms with van der Waals surface area (Å²) in [7, 11) is -2.08. The van der Waals surface area contributed by atoms with Gasteiger partial charge in [-0.05, 0) is 0 Å². The van der Waals surface area contributed by atoms with Gasteiger partial charge in [-0.1, -0.05) is 30.3 Å². The highest BCUT2D eigenvalue weighted by molar-refractivity contribution is 6.85. The average Bonchev–Trinajstić information content (AvgIpc) is 2.59. The van der Waals surface area contributed by atoms with Gasteiger partial charge in [0.25, 0.3) is 0 Å². The summed E-state index contributed by atoms with van der Waals surface area (Å²) in [6.45, 7) is -1.92. The second-order valence-electron chi connectivity index (χ2n) is 4.33. The summed E-state index contributed by atoms with van der Waals surface area (Å²) < 4.78 is 9.10. The largest absolute Gasteiger partial charge is 0.680 e. The Labute approximate surface area is 131 Å². The van der Waals surface area contributed by atoms with Crippen LogP contribution < -0.4 is 0 Å². The monoisotopic (exact) mass is 326 g/mol. The van der Waals surface area contributed by atoms with Crippen LogP contribution in [0.3, 0.4) is 0 Å². The highest BCUT2D eigenvalue weighted by Crippen LogP contribution is 2.07. The molecule has 1 rings (SSSR count). The van der Waals surface area contributed by atoms with Crippen LogP contribution in [0.1, 0.15) is 10.4 Å². The number of benzene rings is 1. The molecule has 0 saturated carbocycles. The Morgan fingerprint density at radius 2 is 1.35 bits per heavy atom. The van der Waals surface area contributed by atoms with Gasteiger partial charge < -0.3 is 29.7 Å². The van der Waals surface area contributed by atoms with Crippen molar-refractivity contribution in [2.24, 2.45) is 0 Å². The molecule has 0 aromatic heterocycles. The van der Waals surface area contributed by atoms with Crippen molar-refractivity contribution >= 4 is 24.7 Å². The van der Waals surface area contributed by atoms with Crippen molar-refractivity contribution in [1.29, 1.82) is 0 Å². The number of hydrogen-bond donors (Lipinski definition) is 4. The van der Waals surface area contributed by atoms with Crippen molar-refractivity contribution in [3.63, 3.8) is 0 Å². The fourth-order valence-electron chi connectivity index (χ4n) is 1.39. The summed E-state index contributed by atoms with van der Waals surface area (Å²) in [6, 6.07) is 7.37. The van der Waals surface area contributed by atoms with Gasteiger partial charge in [-0.3, -0.25) is 14.4 Å². The molecule has 0 aliphatic heterocycles. The maximum atomic E-state index is 12.2. The van der Waals surface area contributed by atoms with Gasteiger partial charge in [0.15, 0.2) is 12.2 Å². The van der Waals surface area contributed by atoms with Crippen LogP contribution >= 0.6 is 0 Å². The van der Waals surface area contributed by atoms with E-state index in [4.69, 9.17) is 20.4 Å². The lowest BCUT2D eigenvalue weighted by molar-refractivity contribution is -0.152. The quantitative estimate of drug-likeness (QED) is 0.386. The number of hydrogen-bond acceptors (Lipinski definition) is 9. The van der Waals surface area contributed by atoms with E-state index in [1.807, 2.05) is 0 Å². The maximum Gasteiger partial charge on any atom is 0.680 e. The molecule has 0 aliphatic carbocycles. The van der Waals surface area contributed by atoms with E-state index in [0.29, 0.717) is 0 Å². The van der Waals surface area contributed by atoms with Crippen LogP contribution in [-0.4, -0.2) is 70.6 Å². The third-order valence-electron chi connectivity index (χ3n) is 2.61. The van der Waals surface area contributed by atoms with Gasteiger partial charge >= 0.3 is 19.1 Å². The first-order valence-corrected chi connectivity index (χ1v) is 6.48. The van der Waals surface area contributed by atoms with Gasteiger partial charge in [0.1, 0.15) is 0 Å². The molecular weight excluding hydrogens is 311 g/mol. The second-order valence-corrected chi connectivity index (χ2v) is 4.33. The number of carbonyl (C=O) groups excluding carboxylic acids is 3. The fourth-order valence-corrected chi connectivity index (χ4v) is 1.39. The van der Waals surface area contributed by atoms with E-state index in [1.165, 1.54) is 24.3 Å². The van der Waals surface area contributed by atoms with Gasteiger partial charge in [0.05, 0.1) is 13.2 Å². The molecule has 124 valence electrons. The third kappa shape index (κ3) is 5.45. The Kier molecular flexibility index (Phi) is 7.35. The van der Waals surface area contributed by atoms with Crippen LogP contribution in [0, 0.1) is 0 Å². The van der Waals surface area contributed by atoms with Gasteiger partial charge in [-0.2, -0.15) is 0 Å². The Bertz CT molecular complexity index is 524. The summed E-state index contributed by atoms with van der Waals surface area (Å²) in [5.74, 6) is -2.79. The molecule has 0 fully saturated rings. The normalized spacial score (nSPS) is 12.9. The van der Waals surface area contributed by atoms with Crippen LogP contribution in [0.25, 0.3) is 0 Å². The molecule has 0 aliphatic rings. The van der Waals surface area contributed by atoms with E-state index < -0.39 is 50.2 Å². The van der Waals surface area contributed by atoms with E-state index in [9.17, 15) is 14.4 Å². The molecule has 2 unspecified atom stereocenters. The highest BCUT2D eigenvalue weighted by atomic mass is 16.7. The second kappa shape index (κ2) is 9.01. The molecule has 0 amide bonds. The van der Waals surface area contributed by atoms with Gasteiger partial charge in [-0.25, -0.2) is 0 Å². The molecule has 10 heteroatoms. The van der Waals surface area contributed by atoms with Crippen molar-refractivity contribution in [1.82, 2.24) is 0 Å². The molecular formula is C13H15BO9. The van der Waals surface area contributed by atoms with Gasteiger partial charge in [-0.15, -0.1) is 0 Å². The van der Waals surface area contributed by atoms with Crippen molar-refractivity contribution in [2.75, 3.05) is 13.2 Å². The third-order valence-corrected chi connectivity index (χ3v) is 2.61. The van der Waals surface area contributed by atoms with E-state index in [0.717, 1.165) is 0 Å². The molecule has 1 aromatic carbocycles. The Balaban J connectivity index is 2.94. The predicted molar refractivity (Wildman–Crippen MR) is 74.9 cm³/mol. The fraction of sp³-hybridized carbons (Fsp3) is 0.308. The molecule has 23 heavy (non-hydrogen) atoms. The number of aliphatic hydroxyl groups is 4. The van der Waals surface area contributed by atoms with Crippen LogP contribution in [-0.2, 0) is 18.9 Å². The summed E-state index contributed by atoms with van der Waals surface area (Å²) in [5, 5.41) is 35.6. The van der Waals surface area contributed by atoms with E-state index in [1.54, 1.807) is 6.07 Å². The molecule has 0 heterocycles. The molecule has 0 saturated heterocycles. The minimum Gasteiger partial charge on any atom is -0.491 e. The summed E-state index contributed by atoms with van der Waals surface area (Å²) in [5.41, 5.74) is -0.891. The Morgan fingerprint density at radius 3 is 1.74 bits per heavy atom. The van der Waals surface area contributed by atoms with Gasteiger partial charge in [0, 0.05) is 5.56 Å². The molecule has 1 aromatic rings. The highest BCUT2D eigenvalue weighted by Gasteiger charge is 2.40. The number of rotatable bonds is 8. The van der Waals surface area contributed by atoms with Crippen LogP contribution in [0.4, 0.5) is 0 Å². The lowest BCUT2D eigenvalue weighted by Crippen LogP contribution is -2.43. The van der Waals surface area contributed by atoms with Crippen molar-refractivity contribution < 1.29 is 44.1 Å². The van der Waals surface area contributed by atoms with Crippen molar-refractivity contribution in [3.8, 4) is 0 Å². The van der Waals surface area contributed by atoms with Crippen molar-refractivity contribution in [2.45, 2.75) is 12.2 Å². The van der Waals surface area contributed by atoms with E-state index >= 15 is 0 Å². The summed E-state index contributed by atoms with van der Waals surface area (Å²) in [6.07, 6.45) is -3.86. The topological polar surface area (TPSA) is 151 Å². The molecule has 9 nitrogen and oxygen atoms in total. The summed E-state index contributed by atoms with van der Waals surface area (Å²) >= 11 is 0. The molecule has 0 bridgehead atoms. The Morgan fingerprint density at radius 1 is 0.913 bits per heavy atom. The first kappa shape index (κ1) is 18.8. The first-order chi connectivity index (χ1) is 10.9. The van der Waals surface area contributed by atoms with Gasteiger partial charge in [0.2, 0.25) is 5.68 Å². The lowest BCUT2D eigenvalue weighted by Gasteiger charge is -2.16. The SMILES string of the molecule is O=C(B(OC(=O)C(O)CO)OC(=O)C(O)CO)c1ccccc1. The summed E-state index contributed by atoms with van der Waals surface area (Å²) in [4.78, 5) is 35.1. The molecule has 0 spiro atoms. The molecule has 0 radical (unpaired) electrons. The van der Waals surface area contributed by atoms with E-state index in [-0.39, 0.29) is 5.56 Å². The minimum absolute atomic E-state index is 0.0371. The standard InChI is InChI=1S/C13H15BO9/c15-6-9(17)12(20)22-14(23-13(21)10(18)7-16)11(19)8-4-2-1-3-5-8/h1-5,9-10,15-18H,6-7H2. The van der Waals surface area contributed by atoms with Crippen LogP contribution in [0.2, 0.25) is 0 Å². The predicted octanol–water partition coefficient (Wildman–Crippen LogP) is -2.31. The van der Waals surface area contributed by atoms with E-state index in [2.05, 4.69) is 9.31 Å². The Hall–Kier alpha value is -2.27. The maximum absolute atomic E-state index is 12.2. The average molecular weight is 326 g/mol.